The van der Waals surface area contributed by atoms with Crippen molar-refractivity contribution in [3.63, 3.8) is 0 Å². The Kier molecular flexibility index (Phi) is 7.89. The van der Waals surface area contributed by atoms with Crippen molar-refractivity contribution in [3.05, 3.63) is 28.3 Å². The maximum Gasteiger partial charge on any atom is 0.296 e. The van der Waals surface area contributed by atoms with Crippen LogP contribution in [0.25, 0.3) is 0 Å². The molecule has 0 aromatic heterocycles. The highest BCUT2D eigenvalue weighted by molar-refractivity contribution is 8.15. The zero-order valence-corrected chi connectivity index (χ0v) is 18.7. The molecule has 0 spiro atoms. The van der Waals surface area contributed by atoms with Crippen molar-refractivity contribution in [1.29, 1.82) is 0 Å². The number of nitro groups is 1. The quantitative estimate of drug-likeness (QED) is 0.383. The largest absolute Gasteiger partial charge is 0.496 e. The van der Waals surface area contributed by atoms with E-state index < -0.39 is 16.1 Å². The lowest BCUT2D eigenvalue weighted by Gasteiger charge is -2.16. The SMILES string of the molecule is CCN1C(=O)C(CC(=O)Nc2ccc(OC)cc2[N+](=O)[O-])SC1=NC1CCCCCC1. The third-order valence-electron chi connectivity index (χ3n) is 5.50. The normalized spacial score (nSPS) is 21.2. The van der Waals surface area contributed by atoms with Crippen LogP contribution in [0, 0.1) is 10.1 Å². The molecule has 10 heteroatoms. The molecule has 0 bridgehead atoms. The van der Waals surface area contributed by atoms with Gasteiger partial charge in [-0.3, -0.25) is 29.6 Å². The number of nitrogens with one attached hydrogen (secondary N) is 1. The van der Waals surface area contributed by atoms with E-state index in [4.69, 9.17) is 9.73 Å². The number of methoxy groups -OCH3 is 1. The van der Waals surface area contributed by atoms with Crippen LogP contribution in [0.3, 0.4) is 0 Å². The van der Waals surface area contributed by atoms with Gasteiger partial charge in [0.25, 0.3) is 5.69 Å². The standard InChI is InChI=1S/C21H28N4O5S/c1-3-24-20(27)18(31-21(24)22-14-8-6-4-5-7-9-14)13-19(26)23-16-11-10-15(30-2)12-17(16)25(28)29/h10-12,14,18H,3-9,13H2,1-2H3,(H,23,26). The first-order valence-corrected chi connectivity index (χ1v) is 11.5. The number of hydrogen-bond donors (Lipinski definition) is 1. The Morgan fingerprint density at radius 2 is 2.03 bits per heavy atom. The van der Waals surface area contributed by atoms with Gasteiger partial charge in [0, 0.05) is 13.0 Å². The number of thioether (sulfide) groups is 1. The van der Waals surface area contributed by atoms with E-state index in [0.717, 1.165) is 25.7 Å². The minimum Gasteiger partial charge on any atom is -0.496 e. The number of anilines is 1. The summed E-state index contributed by atoms with van der Waals surface area (Å²) in [6.45, 7) is 2.39. The molecule has 2 fully saturated rings. The Hall–Kier alpha value is -2.62. The zero-order valence-electron chi connectivity index (χ0n) is 17.8. The van der Waals surface area contributed by atoms with Gasteiger partial charge in [0.1, 0.15) is 16.7 Å². The molecule has 1 N–H and O–H groups in total. The van der Waals surface area contributed by atoms with Gasteiger partial charge >= 0.3 is 0 Å². The van der Waals surface area contributed by atoms with E-state index in [-0.39, 0.29) is 29.7 Å². The van der Waals surface area contributed by atoms with E-state index in [1.807, 2.05) is 6.92 Å². The number of aliphatic imine (C=N–C) groups is 1. The summed E-state index contributed by atoms with van der Waals surface area (Å²) in [5, 5.41) is 14.0. The lowest BCUT2D eigenvalue weighted by atomic mass is 10.1. The van der Waals surface area contributed by atoms with Crippen LogP contribution in [0.2, 0.25) is 0 Å². The summed E-state index contributed by atoms with van der Waals surface area (Å²) in [5.74, 6) is -0.269. The molecule has 1 saturated heterocycles. The fraction of sp³-hybridized carbons (Fsp3) is 0.571. The molecule has 1 heterocycles. The summed E-state index contributed by atoms with van der Waals surface area (Å²) in [6.07, 6.45) is 6.74. The third kappa shape index (κ3) is 5.75. The predicted octanol–water partition coefficient (Wildman–Crippen LogP) is 3.97. The highest BCUT2D eigenvalue weighted by Crippen LogP contribution is 2.33. The van der Waals surface area contributed by atoms with Crippen molar-refractivity contribution in [1.82, 2.24) is 4.90 Å². The van der Waals surface area contributed by atoms with E-state index in [0.29, 0.717) is 17.5 Å². The maximum absolute atomic E-state index is 12.8. The maximum atomic E-state index is 12.8. The number of benzene rings is 1. The number of carbonyl (C=O) groups excluding carboxylic acids is 2. The van der Waals surface area contributed by atoms with Gasteiger partial charge < -0.3 is 10.1 Å². The zero-order chi connectivity index (χ0) is 22.4. The lowest BCUT2D eigenvalue weighted by Crippen LogP contribution is -2.33. The molecule has 0 radical (unpaired) electrons. The van der Waals surface area contributed by atoms with Crippen LogP contribution in [0.5, 0.6) is 5.75 Å². The molecule has 1 saturated carbocycles. The molecule has 1 aliphatic heterocycles. The van der Waals surface area contributed by atoms with Crippen LogP contribution in [0.15, 0.2) is 23.2 Å². The summed E-state index contributed by atoms with van der Waals surface area (Å²) in [4.78, 5) is 42.6. The summed E-state index contributed by atoms with van der Waals surface area (Å²) in [7, 11) is 1.41. The van der Waals surface area contributed by atoms with Gasteiger partial charge in [-0.1, -0.05) is 37.4 Å². The number of nitrogens with zero attached hydrogens (tertiary/aromatic N) is 3. The van der Waals surface area contributed by atoms with Crippen LogP contribution < -0.4 is 10.1 Å². The fourth-order valence-electron chi connectivity index (χ4n) is 3.84. The van der Waals surface area contributed by atoms with Crippen molar-refractivity contribution in [2.75, 3.05) is 19.0 Å². The van der Waals surface area contributed by atoms with Crippen molar-refractivity contribution in [2.45, 2.75) is 63.2 Å². The molecule has 2 aliphatic rings. The Labute approximate surface area is 185 Å². The Balaban J connectivity index is 1.69. The van der Waals surface area contributed by atoms with Crippen LogP contribution in [-0.2, 0) is 9.59 Å². The molecule has 1 aromatic rings. The van der Waals surface area contributed by atoms with Crippen molar-refractivity contribution < 1.29 is 19.2 Å². The molecule has 1 unspecified atom stereocenters. The second-order valence-corrected chi connectivity index (χ2v) is 8.81. The van der Waals surface area contributed by atoms with Crippen LogP contribution in [0.4, 0.5) is 11.4 Å². The predicted molar refractivity (Wildman–Crippen MR) is 121 cm³/mol. The first kappa shape index (κ1) is 23.1. The molecule has 168 valence electrons. The molecule has 9 nitrogen and oxygen atoms in total. The topological polar surface area (TPSA) is 114 Å². The van der Waals surface area contributed by atoms with E-state index in [9.17, 15) is 19.7 Å². The van der Waals surface area contributed by atoms with Crippen LogP contribution in [-0.4, -0.2) is 51.8 Å². The third-order valence-corrected chi connectivity index (χ3v) is 6.69. The number of hydrogen-bond acceptors (Lipinski definition) is 7. The van der Waals surface area contributed by atoms with Gasteiger partial charge in [-0.15, -0.1) is 0 Å². The Bertz CT molecular complexity index is 867. The minimum absolute atomic E-state index is 0.0749. The smallest absolute Gasteiger partial charge is 0.296 e. The van der Waals surface area contributed by atoms with Crippen molar-refractivity contribution >= 4 is 40.1 Å². The van der Waals surface area contributed by atoms with E-state index >= 15 is 0 Å². The van der Waals surface area contributed by atoms with Gasteiger partial charge in [0.05, 0.1) is 24.1 Å². The van der Waals surface area contributed by atoms with Gasteiger partial charge in [-0.25, -0.2) is 0 Å². The molecule has 31 heavy (non-hydrogen) atoms. The second kappa shape index (κ2) is 10.6. The van der Waals surface area contributed by atoms with Gasteiger partial charge in [-0.2, -0.15) is 0 Å². The van der Waals surface area contributed by atoms with Crippen LogP contribution >= 0.6 is 11.8 Å². The van der Waals surface area contributed by atoms with E-state index in [1.54, 1.807) is 4.90 Å². The first-order chi connectivity index (χ1) is 14.9. The van der Waals surface area contributed by atoms with Gasteiger partial charge in [0.15, 0.2) is 5.17 Å². The molecular weight excluding hydrogens is 420 g/mol. The van der Waals surface area contributed by atoms with Crippen molar-refractivity contribution in [2.24, 2.45) is 4.99 Å². The lowest BCUT2D eigenvalue weighted by molar-refractivity contribution is -0.384. The molecular formula is C21H28N4O5S. The highest BCUT2D eigenvalue weighted by Gasteiger charge is 2.38. The molecule has 1 atom stereocenters. The summed E-state index contributed by atoms with van der Waals surface area (Å²) >= 11 is 1.32. The van der Waals surface area contributed by atoms with Gasteiger partial charge in [0.2, 0.25) is 11.8 Å². The van der Waals surface area contributed by atoms with Gasteiger partial charge in [-0.05, 0) is 31.9 Å². The Morgan fingerprint density at radius 1 is 1.32 bits per heavy atom. The number of rotatable bonds is 7. The summed E-state index contributed by atoms with van der Waals surface area (Å²) in [6, 6.07) is 4.44. The number of ether oxygens (including phenoxy) is 1. The summed E-state index contributed by atoms with van der Waals surface area (Å²) < 4.78 is 5.01. The molecule has 1 aromatic carbocycles. The number of nitro benzene ring substituents is 1. The number of amides is 2. The number of amidine groups is 1. The average Bonchev–Trinajstić information content (AvgIpc) is 2.90. The monoisotopic (exact) mass is 448 g/mol. The number of carbonyl (C=O) groups is 2. The highest BCUT2D eigenvalue weighted by atomic mass is 32.2. The summed E-state index contributed by atoms with van der Waals surface area (Å²) in [5.41, 5.74) is -0.185. The van der Waals surface area contributed by atoms with E-state index in [2.05, 4.69) is 5.32 Å². The van der Waals surface area contributed by atoms with Crippen molar-refractivity contribution in [3.8, 4) is 5.75 Å². The van der Waals surface area contributed by atoms with E-state index in [1.165, 1.54) is 49.9 Å². The molecule has 2 amide bonds. The fourth-order valence-corrected chi connectivity index (χ4v) is 5.11. The molecule has 3 rings (SSSR count). The minimum atomic E-state index is -0.582. The first-order valence-electron chi connectivity index (χ1n) is 10.6. The molecule has 1 aliphatic carbocycles. The average molecular weight is 449 g/mol. The second-order valence-electron chi connectivity index (χ2n) is 7.64. The van der Waals surface area contributed by atoms with Crippen LogP contribution in [0.1, 0.15) is 51.9 Å². The Morgan fingerprint density at radius 3 is 2.65 bits per heavy atom.